The van der Waals surface area contributed by atoms with E-state index in [9.17, 15) is 22.8 Å². The van der Waals surface area contributed by atoms with Crippen LogP contribution in [0.4, 0.5) is 13.2 Å². The highest BCUT2D eigenvalue weighted by Crippen LogP contribution is 2.29. The lowest BCUT2D eigenvalue weighted by Gasteiger charge is -2.09. The molecule has 2 rings (SSSR count). The number of rotatable bonds is 5. The van der Waals surface area contributed by atoms with Gasteiger partial charge in [-0.2, -0.15) is 13.2 Å². The number of ether oxygens (including phenoxy) is 1. The van der Waals surface area contributed by atoms with Crippen LogP contribution in [0.2, 0.25) is 0 Å². The highest BCUT2D eigenvalue weighted by atomic mass is 19.4. The highest BCUT2D eigenvalue weighted by Gasteiger charge is 2.29. The number of amides is 1. The van der Waals surface area contributed by atoms with Crippen LogP contribution in [0.15, 0.2) is 42.5 Å². The number of esters is 1. The van der Waals surface area contributed by atoms with Crippen molar-refractivity contribution in [1.29, 1.82) is 0 Å². The Hall–Kier alpha value is -2.83. The van der Waals surface area contributed by atoms with Gasteiger partial charge in [-0.25, -0.2) is 4.79 Å². The Morgan fingerprint density at radius 3 is 2.23 bits per heavy atom. The van der Waals surface area contributed by atoms with Crippen molar-refractivity contribution < 1.29 is 27.5 Å². The van der Waals surface area contributed by atoms with Gasteiger partial charge in [-0.1, -0.05) is 18.2 Å². The third-order valence-corrected chi connectivity index (χ3v) is 3.85. The first kappa shape index (κ1) is 19.5. The summed E-state index contributed by atoms with van der Waals surface area (Å²) < 4.78 is 42.4. The Kier molecular flexibility index (Phi) is 6.02. The first-order valence-corrected chi connectivity index (χ1v) is 7.84. The van der Waals surface area contributed by atoms with Gasteiger partial charge in [-0.15, -0.1) is 0 Å². The Bertz CT molecular complexity index is 799. The molecule has 4 nitrogen and oxygen atoms in total. The molecule has 7 heteroatoms. The number of carbonyl (C=O) groups excluding carboxylic acids is 2. The predicted molar refractivity (Wildman–Crippen MR) is 89.5 cm³/mol. The van der Waals surface area contributed by atoms with Gasteiger partial charge in [0, 0.05) is 6.54 Å². The third kappa shape index (κ3) is 5.34. The maximum absolute atomic E-state index is 12.5. The lowest BCUT2D eigenvalue weighted by molar-refractivity contribution is -0.137. The van der Waals surface area contributed by atoms with Gasteiger partial charge in [0.2, 0.25) is 0 Å². The monoisotopic (exact) mass is 365 g/mol. The summed E-state index contributed by atoms with van der Waals surface area (Å²) in [5.41, 5.74) is 2.08. The van der Waals surface area contributed by atoms with Crippen LogP contribution >= 0.6 is 0 Å². The van der Waals surface area contributed by atoms with E-state index in [1.165, 1.54) is 12.1 Å². The van der Waals surface area contributed by atoms with E-state index in [-0.39, 0.29) is 6.54 Å². The van der Waals surface area contributed by atoms with E-state index in [4.69, 9.17) is 4.74 Å². The molecule has 1 amide bonds. The SMILES string of the molecule is Cc1ccc(C(=O)OCC(=O)NCc2ccc(C(F)(F)F)cc2)cc1C. The van der Waals surface area contributed by atoms with E-state index in [0.717, 1.165) is 23.3 Å². The second kappa shape index (κ2) is 8.03. The van der Waals surface area contributed by atoms with Gasteiger partial charge in [0.15, 0.2) is 6.61 Å². The van der Waals surface area contributed by atoms with Crippen LogP contribution in [0.5, 0.6) is 0 Å². The predicted octanol–water partition coefficient (Wildman–Crippen LogP) is 3.80. The van der Waals surface area contributed by atoms with Crippen LogP contribution < -0.4 is 5.32 Å². The summed E-state index contributed by atoms with van der Waals surface area (Å²) in [6.07, 6.45) is -4.40. The Balaban J connectivity index is 1.81. The normalized spacial score (nSPS) is 11.1. The molecule has 0 spiro atoms. The molecule has 0 saturated carbocycles. The van der Waals surface area contributed by atoms with Crippen molar-refractivity contribution in [2.75, 3.05) is 6.61 Å². The van der Waals surface area contributed by atoms with Crippen molar-refractivity contribution in [1.82, 2.24) is 5.32 Å². The Labute approximate surface area is 149 Å². The number of benzene rings is 2. The lowest BCUT2D eigenvalue weighted by atomic mass is 10.1. The van der Waals surface area contributed by atoms with Gasteiger partial charge in [0.1, 0.15) is 0 Å². The first-order chi connectivity index (χ1) is 12.2. The van der Waals surface area contributed by atoms with Crippen LogP contribution in [0, 0.1) is 13.8 Å². The summed E-state index contributed by atoms with van der Waals surface area (Å²) in [7, 11) is 0. The largest absolute Gasteiger partial charge is 0.452 e. The average molecular weight is 365 g/mol. The van der Waals surface area contributed by atoms with E-state index in [1.807, 2.05) is 13.8 Å². The van der Waals surface area contributed by atoms with Crippen molar-refractivity contribution >= 4 is 11.9 Å². The second-order valence-corrected chi connectivity index (χ2v) is 5.85. The zero-order valence-electron chi connectivity index (χ0n) is 14.3. The summed E-state index contributed by atoms with van der Waals surface area (Å²) in [5.74, 6) is -1.15. The van der Waals surface area contributed by atoms with Crippen LogP contribution in [0.3, 0.4) is 0 Å². The molecule has 0 unspecified atom stereocenters. The van der Waals surface area contributed by atoms with Crippen LogP contribution in [0.1, 0.15) is 32.6 Å². The Morgan fingerprint density at radius 2 is 1.65 bits per heavy atom. The molecule has 0 aliphatic rings. The molecule has 1 N–H and O–H groups in total. The van der Waals surface area contributed by atoms with Gasteiger partial charge in [-0.3, -0.25) is 4.79 Å². The minimum Gasteiger partial charge on any atom is -0.452 e. The summed E-state index contributed by atoms with van der Waals surface area (Å²) in [5, 5.41) is 2.49. The fourth-order valence-electron chi connectivity index (χ4n) is 2.15. The molecule has 0 heterocycles. The summed E-state index contributed by atoms with van der Waals surface area (Å²) >= 11 is 0. The summed E-state index contributed by atoms with van der Waals surface area (Å²) in [6.45, 7) is 3.35. The maximum atomic E-state index is 12.5. The lowest BCUT2D eigenvalue weighted by Crippen LogP contribution is -2.28. The van der Waals surface area contributed by atoms with Gasteiger partial charge < -0.3 is 10.1 Å². The number of halogens is 3. The van der Waals surface area contributed by atoms with E-state index in [0.29, 0.717) is 11.1 Å². The zero-order chi connectivity index (χ0) is 19.3. The number of hydrogen-bond donors (Lipinski definition) is 1. The molecule has 138 valence electrons. The van der Waals surface area contributed by atoms with Gasteiger partial charge in [-0.05, 0) is 54.8 Å². The summed E-state index contributed by atoms with van der Waals surface area (Å²) in [4.78, 5) is 23.6. The van der Waals surface area contributed by atoms with Crippen molar-refractivity contribution in [3.63, 3.8) is 0 Å². The fourth-order valence-corrected chi connectivity index (χ4v) is 2.15. The van der Waals surface area contributed by atoms with Crippen LogP contribution in [-0.2, 0) is 22.3 Å². The molecule has 0 atom stereocenters. The third-order valence-electron chi connectivity index (χ3n) is 3.85. The first-order valence-electron chi connectivity index (χ1n) is 7.84. The summed E-state index contributed by atoms with van der Waals surface area (Å²) in [6, 6.07) is 9.54. The fraction of sp³-hybridized carbons (Fsp3) is 0.263. The number of carbonyl (C=O) groups is 2. The molecule has 0 aliphatic heterocycles. The van der Waals surface area contributed by atoms with Crippen molar-refractivity contribution in [3.8, 4) is 0 Å². The molecule has 0 aromatic heterocycles. The maximum Gasteiger partial charge on any atom is 0.416 e. The van der Waals surface area contributed by atoms with E-state index >= 15 is 0 Å². The molecule has 0 radical (unpaired) electrons. The minimum atomic E-state index is -4.40. The molecule has 0 bridgehead atoms. The smallest absolute Gasteiger partial charge is 0.416 e. The number of nitrogens with one attached hydrogen (secondary N) is 1. The topological polar surface area (TPSA) is 55.4 Å². The standard InChI is InChI=1S/C19H18F3NO3/c1-12-3-6-15(9-13(12)2)18(25)26-11-17(24)23-10-14-4-7-16(8-5-14)19(20,21)22/h3-9H,10-11H2,1-2H3,(H,23,24). The van der Waals surface area contributed by atoms with Gasteiger partial charge in [0.05, 0.1) is 11.1 Å². The Morgan fingerprint density at radius 1 is 1.00 bits per heavy atom. The minimum absolute atomic E-state index is 0.0398. The van der Waals surface area contributed by atoms with Crippen molar-refractivity contribution in [2.45, 2.75) is 26.6 Å². The molecular weight excluding hydrogens is 347 g/mol. The van der Waals surface area contributed by atoms with E-state index in [1.54, 1.807) is 18.2 Å². The quantitative estimate of drug-likeness (QED) is 0.820. The molecule has 0 fully saturated rings. The molecular formula is C19H18F3NO3. The highest BCUT2D eigenvalue weighted by molar-refractivity contribution is 5.91. The van der Waals surface area contributed by atoms with Crippen molar-refractivity contribution in [2.24, 2.45) is 0 Å². The molecule has 2 aromatic rings. The van der Waals surface area contributed by atoms with Crippen LogP contribution in [-0.4, -0.2) is 18.5 Å². The zero-order valence-corrected chi connectivity index (χ0v) is 14.3. The second-order valence-electron chi connectivity index (χ2n) is 5.85. The average Bonchev–Trinajstić information content (AvgIpc) is 2.59. The van der Waals surface area contributed by atoms with Gasteiger partial charge in [0.25, 0.3) is 5.91 Å². The molecule has 0 aliphatic carbocycles. The van der Waals surface area contributed by atoms with Gasteiger partial charge >= 0.3 is 12.1 Å². The van der Waals surface area contributed by atoms with E-state index < -0.39 is 30.2 Å². The number of alkyl halides is 3. The van der Waals surface area contributed by atoms with Crippen LogP contribution in [0.25, 0.3) is 0 Å². The molecule has 0 saturated heterocycles. The molecule has 26 heavy (non-hydrogen) atoms. The van der Waals surface area contributed by atoms with E-state index in [2.05, 4.69) is 5.32 Å². The molecule has 2 aromatic carbocycles. The number of hydrogen-bond acceptors (Lipinski definition) is 3. The van der Waals surface area contributed by atoms with Crippen molar-refractivity contribution in [3.05, 3.63) is 70.3 Å². The number of aryl methyl sites for hydroxylation is 2.